The minimum Gasteiger partial charge on any atom is -0.467 e. The lowest BCUT2D eigenvalue weighted by Crippen LogP contribution is -2.49. The molecule has 1 aromatic rings. The monoisotopic (exact) mass is 360 g/mol. The number of nitrogens with zero attached hydrogens (tertiary/aromatic N) is 1. The highest BCUT2D eigenvalue weighted by Gasteiger charge is 2.47. The molecule has 0 spiro atoms. The van der Waals surface area contributed by atoms with E-state index in [2.05, 4.69) is 33.1 Å². The third-order valence-corrected chi connectivity index (χ3v) is 5.01. The number of anilines is 1. The molecule has 0 amide bonds. The van der Waals surface area contributed by atoms with E-state index in [1.807, 2.05) is 19.2 Å². The van der Waals surface area contributed by atoms with E-state index in [1.165, 1.54) is 7.11 Å². The van der Waals surface area contributed by atoms with Gasteiger partial charge in [0.15, 0.2) is 0 Å². The third kappa shape index (κ3) is 2.95. The highest BCUT2D eigenvalue weighted by Crippen LogP contribution is 2.33. The van der Waals surface area contributed by atoms with E-state index >= 15 is 0 Å². The summed E-state index contributed by atoms with van der Waals surface area (Å²) in [6.07, 6.45) is 0.705. The Morgan fingerprint density at radius 3 is 2.80 bits per heavy atom. The first-order chi connectivity index (χ1) is 9.38. The molecule has 0 radical (unpaired) electrons. The lowest BCUT2D eigenvalue weighted by Gasteiger charge is -2.28. The fraction of sp³-hybridized carbons (Fsp3) is 0.500. The molecule has 4 nitrogen and oxygen atoms in total. The van der Waals surface area contributed by atoms with Gasteiger partial charge < -0.3 is 15.0 Å². The summed E-state index contributed by atoms with van der Waals surface area (Å²) in [5.74, 6) is -0.236. The van der Waals surface area contributed by atoms with Crippen LogP contribution in [-0.4, -0.2) is 43.2 Å². The Hall–Kier alpha value is -0.780. The van der Waals surface area contributed by atoms with Crippen LogP contribution >= 0.6 is 27.5 Å². The standard InChI is InChI=1S/C14H18BrClN2O2/c1-9-7-14(8-18(9)2,13(19)20-3)17-10-4-5-12(16)11(15)6-10/h4-6,9,17H,7-8H2,1-3H3. The predicted octanol–water partition coefficient (Wildman–Crippen LogP) is 3.15. The Kier molecular flexibility index (Phi) is 4.62. The fourth-order valence-electron chi connectivity index (χ4n) is 2.64. The number of rotatable bonds is 3. The van der Waals surface area contributed by atoms with E-state index in [0.29, 0.717) is 24.0 Å². The molecule has 6 heteroatoms. The number of hydrogen-bond donors (Lipinski definition) is 1. The largest absolute Gasteiger partial charge is 0.467 e. The first kappa shape index (κ1) is 15.6. The molecule has 20 heavy (non-hydrogen) atoms. The molecule has 1 fully saturated rings. The van der Waals surface area contributed by atoms with E-state index in [4.69, 9.17) is 16.3 Å². The maximum atomic E-state index is 12.2. The summed E-state index contributed by atoms with van der Waals surface area (Å²) in [6, 6.07) is 5.84. The first-order valence-corrected chi connectivity index (χ1v) is 7.57. The van der Waals surface area contributed by atoms with Crippen molar-refractivity contribution < 1.29 is 9.53 Å². The molecule has 110 valence electrons. The Labute approximate surface area is 132 Å². The number of ether oxygens (including phenoxy) is 1. The minimum atomic E-state index is -0.712. The van der Waals surface area contributed by atoms with Crippen LogP contribution in [-0.2, 0) is 9.53 Å². The molecule has 1 N–H and O–H groups in total. The van der Waals surface area contributed by atoms with Crippen molar-refractivity contribution in [1.29, 1.82) is 0 Å². The summed E-state index contributed by atoms with van der Waals surface area (Å²) >= 11 is 9.39. The maximum Gasteiger partial charge on any atom is 0.332 e. The minimum absolute atomic E-state index is 0.236. The Morgan fingerprint density at radius 1 is 1.60 bits per heavy atom. The molecule has 2 unspecified atom stereocenters. The van der Waals surface area contributed by atoms with Crippen LogP contribution in [0.4, 0.5) is 5.69 Å². The number of likely N-dealkylation sites (N-methyl/N-ethyl adjacent to an activating group) is 1. The quantitative estimate of drug-likeness (QED) is 0.840. The molecule has 1 aliphatic heterocycles. The lowest BCUT2D eigenvalue weighted by molar-refractivity contribution is -0.145. The molecule has 2 atom stereocenters. The molecule has 0 aliphatic carbocycles. The van der Waals surface area contributed by atoms with Gasteiger partial charge in [-0.05, 0) is 54.5 Å². The van der Waals surface area contributed by atoms with Gasteiger partial charge in [0.2, 0.25) is 0 Å². The zero-order chi connectivity index (χ0) is 14.9. The summed E-state index contributed by atoms with van der Waals surface area (Å²) in [4.78, 5) is 14.4. The van der Waals surface area contributed by atoms with Crippen LogP contribution in [0.3, 0.4) is 0 Å². The van der Waals surface area contributed by atoms with Gasteiger partial charge in [-0.2, -0.15) is 0 Å². The van der Waals surface area contributed by atoms with Gasteiger partial charge in [-0.25, -0.2) is 4.79 Å². The number of likely N-dealkylation sites (tertiary alicyclic amines) is 1. The average molecular weight is 362 g/mol. The highest BCUT2D eigenvalue weighted by atomic mass is 79.9. The summed E-state index contributed by atoms with van der Waals surface area (Å²) in [5.41, 5.74) is 0.130. The van der Waals surface area contributed by atoms with Crippen LogP contribution in [0.25, 0.3) is 0 Å². The van der Waals surface area contributed by atoms with Crippen LogP contribution in [0.5, 0.6) is 0 Å². The van der Waals surface area contributed by atoms with Crippen LogP contribution < -0.4 is 5.32 Å². The smallest absolute Gasteiger partial charge is 0.332 e. The number of hydrogen-bond acceptors (Lipinski definition) is 4. The number of benzene rings is 1. The van der Waals surface area contributed by atoms with Gasteiger partial charge in [0.1, 0.15) is 5.54 Å². The summed E-state index contributed by atoms with van der Waals surface area (Å²) in [6.45, 7) is 2.71. The van der Waals surface area contributed by atoms with E-state index in [-0.39, 0.29) is 5.97 Å². The van der Waals surface area contributed by atoms with Crippen molar-refractivity contribution in [3.05, 3.63) is 27.7 Å². The topological polar surface area (TPSA) is 41.6 Å². The van der Waals surface area contributed by atoms with Gasteiger partial charge >= 0.3 is 5.97 Å². The van der Waals surface area contributed by atoms with Crippen molar-refractivity contribution in [1.82, 2.24) is 4.90 Å². The van der Waals surface area contributed by atoms with E-state index in [1.54, 1.807) is 6.07 Å². The molecule has 0 saturated carbocycles. The van der Waals surface area contributed by atoms with Crippen molar-refractivity contribution in [3.63, 3.8) is 0 Å². The SMILES string of the molecule is COC(=O)C1(Nc2ccc(Cl)c(Br)c2)CC(C)N(C)C1. The number of nitrogens with one attached hydrogen (secondary N) is 1. The van der Waals surface area contributed by atoms with Crippen molar-refractivity contribution in [3.8, 4) is 0 Å². The number of esters is 1. The molecule has 1 aliphatic rings. The van der Waals surface area contributed by atoms with Gasteiger partial charge in [-0.3, -0.25) is 0 Å². The molecular formula is C14H18BrClN2O2. The van der Waals surface area contributed by atoms with Gasteiger partial charge in [0.25, 0.3) is 0 Å². The molecule has 1 saturated heterocycles. The van der Waals surface area contributed by atoms with Crippen molar-refractivity contribution in [2.45, 2.75) is 24.9 Å². The second kappa shape index (κ2) is 5.92. The zero-order valence-electron chi connectivity index (χ0n) is 11.7. The van der Waals surface area contributed by atoms with Crippen molar-refractivity contribution >= 4 is 39.2 Å². The van der Waals surface area contributed by atoms with E-state index in [0.717, 1.165) is 10.2 Å². The van der Waals surface area contributed by atoms with Crippen molar-refractivity contribution in [2.24, 2.45) is 0 Å². The molecule has 1 heterocycles. The third-order valence-electron chi connectivity index (χ3n) is 3.79. The fourth-order valence-corrected chi connectivity index (χ4v) is 3.14. The van der Waals surface area contributed by atoms with Crippen LogP contribution in [0.1, 0.15) is 13.3 Å². The second-order valence-electron chi connectivity index (χ2n) is 5.30. The summed E-state index contributed by atoms with van der Waals surface area (Å²) in [7, 11) is 3.43. The molecular weight excluding hydrogens is 344 g/mol. The normalized spacial score (nSPS) is 26.6. The van der Waals surface area contributed by atoms with Crippen LogP contribution in [0, 0.1) is 0 Å². The zero-order valence-corrected chi connectivity index (χ0v) is 14.1. The van der Waals surface area contributed by atoms with Gasteiger partial charge in [-0.1, -0.05) is 11.6 Å². The molecule has 2 rings (SSSR count). The Morgan fingerprint density at radius 2 is 2.30 bits per heavy atom. The lowest BCUT2D eigenvalue weighted by atomic mass is 9.95. The number of carbonyl (C=O) groups excluding carboxylic acids is 1. The Bertz CT molecular complexity index is 514. The predicted molar refractivity (Wildman–Crippen MR) is 84.2 cm³/mol. The first-order valence-electron chi connectivity index (χ1n) is 6.40. The Balaban J connectivity index is 2.29. The van der Waals surface area contributed by atoms with Crippen LogP contribution in [0.2, 0.25) is 5.02 Å². The van der Waals surface area contributed by atoms with E-state index < -0.39 is 5.54 Å². The van der Waals surface area contributed by atoms with Crippen LogP contribution in [0.15, 0.2) is 22.7 Å². The average Bonchev–Trinajstić information content (AvgIpc) is 2.69. The van der Waals surface area contributed by atoms with E-state index in [9.17, 15) is 4.79 Å². The van der Waals surface area contributed by atoms with Gasteiger partial charge in [0.05, 0.1) is 12.1 Å². The molecule has 0 aromatic heterocycles. The number of halogens is 2. The number of methoxy groups -OCH3 is 1. The second-order valence-corrected chi connectivity index (χ2v) is 6.56. The van der Waals surface area contributed by atoms with Gasteiger partial charge in [0, 0.05) is 22.7 Å². The van der Waals surface area contributed by atoms with Crippen molar-refractivity contribution in [2.75, 3.05) is 26.0 Å². The summed E-state index contributed by atoms with van der Waals surface area (Å²) < 4.78 is 5.79. The maximum absolute atomic E-state index is 12.2. The summed E-state index contributed by atoms with van der Waals surface area (Å²) in [5, 5.41) is 3.97. The highest BCUT2D eigenvalue weighted by molar-refractivity contribution is 9.10. The number of carbonyl (C=O) groups is 1. The molecule has 0 bridgehead atoms. The van der Waals surface area contributed by atoms with Gasteiger partial charge in [-0.15, -0.1) is 0 Å². The molecule has 1 aromatic carbocycles.